The second-order valence-electron chi connectivity index (χ2n) is 3.73. The second kappa shape index (κ2) is 5.69. The van der Waals surface area contributed by atoms with Crippen LogP contribution in [0.5, 0.6) is 0 Å². The average Bonchev–Trinajstić information content (AvgIpc) is 2.29. The van der Waals surface area contributed by atoms with Crippen LogP contribution in [0.15, 0.2) is 24.3 Å². The summed E-state index contributed by atoms with van der Waals surface area (Å²) in [7, 11) is -3.61. The van der Waals surface area contributed by atoms with E-state index in [0.29, 0.717) is 5.69 Å². The monoisotopic (exact) mass is 252 g/mol. The molecule has 92 valence electrons. The van der Waals surface area contributed by atoms with Crippen molar-refractivity contribution in [1.29, 1.82) is 5.26 Å². The summed E-state index contributed by atoms with van der Waals surface area (Å²) in [5, 5.41) is 7.76. The molecule has 0 bridgehead atoms. The predicted octanol–water partition coefficient (Wildman–Crippen LogP) is 2.29. The first-order chi connectivity index (χ1) is 8.03. The van der Waals surface area contributed by atoms with Gasteiger partial charge in [0.05, 0.1) is 6.07 Å². The first kappa shape index (κ1) is 13.5. The topological polar surface area (TPSA) is 70.0 Å². The zero-order chi connectivity index (χ0) is 12.9. The number of nitrogens with zero attached hydrogens (tertiary/aromatic N) is 1. The fourth-order valence-corrected chi connectivity index (χ4v) is 2.65. The molecule has 0 aliphatic rings. The van der Waals surface area contributed by atoms with Crippen molar-refractivity contribution < 1.29 is 8.42 Å². The summed E-state index contributed by atoms with van der Waals surface area (Å²) in [6, 6.07) is 8.98. The van der Waals surface area contributed by atoms with E-state index in [2.05, 4.69) is 4.72 Å². The molecule has 1 rings (SSSR count). The van der Waals surface area contributed by atoms with Gasteiger partial charge in [0, 0.05) is 5.69 Å². The molecule has 0 fully saturated rings. The summed E-state index contributed by atoms with van der Waals surface area (Å²) in [5.41, 5.74) is 1.56. The van der Waals surface area contributed by atoms with E-state index in [1.807, 2.05) is 13.0 Å². The molecule has 0 heterocycles. The third-order valence-electron chi connectivity index (χ3n) is 2.48. The molecular weight excluding hydrogens is 236 g/mol. The fourth-order valence-electron chi connectivity index (χ4n) is 1.47. The number of benzene rings is 1. The smallest absolute Gasteiger partial charge is 0.249 e. The quantitative estimate of drug-likeness (QED) is 0.874. The maximum atomic E-state index is 11.8. The van der Waals surface area contributed by atoms with Gasteiger partial charge in [-0.2, -0.15) is 5.26 Å². The number of nitrogens with one attached hydrogen (secondary N) is 1. The summed E-state index contributed by atoms with van der Waals surface area (Å²) < 4.78 is 26.1. The highest BCUT2D eigenvalue weighted by molar-refractivity contribution is 7.93. The third-order valence-corrected chi connectivity index (χ3v) is 4.19. The van der Waals surface area contributed by atoms with Crippen molar-refractivity contribution in [1.82, 2.24) is 0 Å². The Labute approximate surface area is 102 Å². The standard InChI is InChI=1S/C12H16N2O2S/c1-3-10-6-5-7-11(8-10)14-17(15,16)12(4-2)9-13/h5-8,12,14H,3-4H2,1-2H3. The van der Waals surface area contributed by atoms with Gasteiger partial charge in [0.1, 0.15) is 0 Å². The lowest BCUT2D eigenvalue weighted by Gasteiger charge is -2.11. The predicted molar refractivity (Wildman–Crippen MR) is 68.1 cm³/mol. The van der Waals surface area contributed by atoms with E-state index < -0.39 is 15.3 Å². The summed E-state index contributed by atoms with van der Waals surface area (Å²) >= 11 is 0. The van der Waals surface area contributed by atoms with E-state index >= 15 is 0 Å². The maximum Gasteiger partial charge on any atom is 0.249 e. The van der Waals surface area contributed by atoms with Crippen LogP contribution in [0.25, 0.3) is 0 Å². The van der Waals surface area contributed by atoms with Crippen LogP contribution in [0.2, 0.25) is 0 Å². The van der Waals surface area contributed by atoms with Crippen molar-refractivity contribution in [3.63, 3.8) is 0 Å². The van der Waals surface area contributed by atoms with Gasteiger partial charge in [-0.3, -0.25) is 4.72 Å². The summed E-state index contributed by atoms with van der Waals surface area (Å²) in [5.74, 6) is 0. The minimum atomic E-state index is -3.61. The van der Waals surface area contributed by atoms with Gasteiger partial charge in [-0.1, -0.05) is 26.0 Å². The molecule has 1 unspecified atom stereocenters. The van der Waals surface area contributed by atoms with Crippen molar-refractivity contribution in [2.24, 2.45) is 0 Å². The van der Waals surface area contributed by atoms with Crippen LogP contribution >= 0.6 is 0 Å². The Kier molecular flexibility index (Phi) is 4.53. The molecule has 17 heavy (non-hydrogen) atoms. The van der Waals surface area contributed by atoms with E-state index in [-0.39, 0.29) is 6.42 Å². The van der Waals surface area contributed by atoms with E-state index in [4.69, 9.17) is 5.26 Å². The summed E-state index contributed by atoms with van der Waals surface area (Å²) in [6.07, 6.45) is 1.12. The average molecular weight is 252 g/mol. The summed E-state index contributed by atoms with van der Waals surface area (Å²) in [6.45, 7) is 3.67. The lowest BCUT2D eigenvalue weighted by molar-refractivity contribution is 0.593. The lowest BCUT2D eigenvalue weighted by atomic mass is 10.1. The zero-order valence-electron chi connectivity index (χ0n) is 9.97. The Hall–Kier alpha value is -1.54. The Balaban J connectivity index is 2.94. The van der Waals surface area contributed by atoms with Crippen LogP contribution in [0.1, 0.15) is 25.8 Å². The number of hydrogen-bond acceptors (Lipinski definition) is 3. The molecule has 1 aromatic rings. The van der Waals surface area contributed by atoms with Crippen molar-refractivity contribution in [3.8, 4) is 6.07 Å². The van der Waals surface area contributed by atoms with Gasteiger partial charge in [0.2, 0.25) is 10.0 Å². The number of sulfonamides is 1. The van der Waals surface area contributed by atoms with E-state index in [1.54, 1.807) is 31.2 Å². The molecule has 1 atom stereocenters. The van der Waals surface area contributed by atoms with Crippen molar-refractivity contribution in [2.75, 3.05) is 4.72 Å². The highest BCUT2D eigenvalue weighted by Crippen LogP contribution is 2.15. The van der Waals surface area contributed by atoms with Crippen LogP contribution in [0.3, 0.4) is 0 Å². The van der Waals surface area contributed by atoms with Crippen LogP contribution < -0.4 is 4.72 Å². The van der Waals surface area contributed by atoms with E-state index in [0.717, 1.165) is 12.0 Å². The molecule has 0 aromatic heterocycles. The molecule has 0 spiro atoms. The lowest BCUT2D eigenvalue weighted by Crippen LogP contribution is -2.25. The van der Waals surface area contributed by atoms with Gasteiger partial charge in [-0.05, 0) is 30.5 Å². The summed E-state index contributed by atoms with van der Waals surface area (Å²) in [4.78, 5) is 0. The Bertz CT molecular complexity index is 518. The minimum Gasteiger partial charge on any atom is -0.282 e. The molecule has 0 amide bonds. The van der Waals surface area contributed by atoms with Gasteiger partial charge in [-0.15, -0.1) is 0 Å². The second-order valence-corrected chi connectivity index (χ2v) is 5.59. The Morgan fingerprint density at radius 2 is 2.12 bits per heavy atom. The van der Waals surface area contributed by atoms with Crippen LogP contribution in [0.4, 0.5) is 5.69 Å². The normalized spacial score (nSPS) is 12.8. The minimum absolute atomic E-state index is 0.277. The van der Waals surface area contributed by atoms with E-state index in [9.17, 15) is 8.42 Å². The molecule has 1 N–H and O–H groups in total. The third kappa shape index (κ3) is 3.46. The first-order valence-corrected chi connectivity index (χ1v) is 7.08. The van der Waals surface area contributed by atoms with Gasteiger partial charge < -0.3 is 0 Å². The molecule has 0 aliphatic heterocycles. The molecule has 4 nitrogen and oxygen atoms in total. The SMILES string of the molecule is CCc1cccc(NS(=O)(=O)C(C#N)CC)c1. The maximum absolute atomic E-state index is 11.8. The number of anilines is 1. The number of rotatable bonds is 5. The highest BCUT2D eigenvalue weighted by atomic mass is 32.2. The van der Waals surface area contributed by atoms with Crippen LogP contribution in [0, 0.1) is 11.3 Å². The van der Waals surface area contributed by atoms with Crippen molar-refractivity contribution >= 4 is 15.7 Å². The Morgan fingerprint density at radius 1 is 1.41 bits per heavy atom. The van der Waals surface area contributed by atoms with Crippen molar-refractivity contribution in [3.05, 3.63) is 29.8 Å². The molecule has 0 saturated carbocycles. The van der Waals surface area contributed by atoms with Crippen LogP contribution in [-0.4, -0.2) is 13.7 Å². The van der Waals surface area contributed by atoms with E-state index in [1.165, 1.54) is 0 Å². The van der Waals surface area contributed by atoms with Crippen molar-refractivity contribution in [2.45, 2.75) is 31.9 Å². The number of hydrogen-bond donors (Lipinski definition) is 1. The van der Waals surface area contributed by atoms with Gasteiger partial charge >= 0.3 is 0 Å². The Morgan fingerprint density at radius 3 is 2.65 bits per heavy atom. The zero-order valence-corrected chi connectivity index (χ0v) is 10.8. The molecule has 0 aliphatic carbocycles. The largest absolute Gasteiger partial charge is 0.282 e. The molecular formula is C12H16N2O2S. The first-order valence-electron chi connectivity index (χ1n) is 5.53. The molecule has 0 radical (unpaired) electrons. The molecule has 1 aromatic carbocycles. The molecule has 5 heteroatoms. The van der Waals surface area contributed by atoms with Crippen LogP contribution in [-0.2, 0) is 16.4 Å². The van der Waals surface area contributed by atoms with Gasteiger partial charge in [0.15, 0.2) is 5.25 Å². The number of aryl methyl sites for hydroxylation is 1. The fraction of sp³-hybridized carbons (Fsp3) is 0.417. The molecule has 0 saturated heterocycles. The highest BCUT2D eigenvalue weighted by Gasteiger charge is 2.23. The van der Waals surface area contributed by atoms with Gasteiger partial charge in [0.25, 0.3) is 0 Å². The van der Waals surface area contributed by atoms with Gasteiger partial charge in [-0.25, -0.2) is 8.42 Å². The number of nitriles is 1.